The number of carboxylic acid groups (broad SMARTS) is 1. The number of rotatable bonds is 13. The number of carbonyl (C=O) groups excluding carboxylic acids is 1. The van der Waals surface area contributed by atoms with Crippen molar-refractivity contribution in [3.05, 3.63) is 0 Å². The molecule has 3 aliphatic rings. The van der Waals surface area contributed by atoms with Gasteiger partial charge < -0.3 is 14.6 Å². The molecule has 0 spiro atoms. The number of carbonyl (C=O) groups is 2. The molecule has 0 aromatic heterocycles. The van der Waals surface area contributed by atoms with E-state index >= 15 is 0 Å². The first-order valence-electron chi connectivity index (χ1n) is 10.2. The minimum Gasteiger partial charge on any atom is -0.481 e. The number of hydrogen-bond donors (Lipinski definition) is 3. The molecule has 0 saturated carbocycles. The highest BCUT2D eigenvalue weighted by atomic mass is 16.7. The van der Waals surface area contributed by atoms with Gasteiger partial charge in [0, 0.05) is 25.3 Å². The van der Waals surface area contributed by atoms with Crippen molar-refractivity contribution in [2.24, 2.45) is 11.8 Å². The molecular weight excluding hydrogens is 336 g/mol. The molecule has 0 aliphatic carbocycles. The lowest BCUT2D eigenvalue weighted by Crippen LogP contribution is -2.45. The lowest BCUT2D eigenvalue weighted by molar-refractivity contribution is -0.137. The Labute approximate surface area is 155 Å². The molecule has 148 valence electrons. The van der Waals surface area contributed by atoms with Crippen molar-refractivity contribution in [2.75, 3.05) is 6.54 Å². The normalized spacial score (nSPS) is 33.9. The van der Waals surface area contributed by atoms with Gasteiger partial charge in [0.2, 0.25) is 5.91 Å². The average Bonchev–Trinajstić information content (AvgIpc) is 3.24. The van der Waals surface area contributed by atoms with E-state index in [0.717, 1.165) is 51.5 Å². The van der Waals surface area contributed by atoms with Crippen molar-refractivity contribution < 1.29 is 24.2 Å². The maximum absolute atomic E-state index is 11.7. The van der Waals surface area contributed by atoms with Crippen LogP contribution in [0.5, 0.6) is 0 Å². The Morgan fingerprint density at radius 2 is 1.58 bits per heavy atom. The molecule has 0 radical (unpaired) electrons. The number of fused-ring (bicyclic) bond motifs is 5. The minimum atomic E-state index is -0.712. The fraction of sp³-hybridized carbons (Fsp3) is 0.895. The van der Waals surface area contributed by atoms with Crippen LogP contribution in [0.4, 0.5) is 0 Å². The largest absolute Gasteiger partial charge is 0.481 e. The number of carboxylic acids is 1. The second-order valence-corrected chi connectivity index (χ2v) is 7.84. The first kappa shape index (κ1) is 19.6. The van der Waals surface area contributed by atoms with Crippen LogP contribution in [0.25, 0.3) is 0 Å². The highest BCUT2D eigenvalue weighted by Crippen LogP contribution is 2.54. The fourth-order valence-corrected chi connectivity index (χ4v) is 4.50. The van der Waals surface area contributed by atoms with Crippen molar-refractivity contribution in [1.82, 2.24) is 10.9 Å². The van der Waals surface area contributed by atoms with Gasteiger partial charge in [0.25, 0.3) is 0 Å². The summed E-state index contributed by atoms with van der Waals surface area (Å²) in [7, 11) is 0. The third-order valence-electron chi connectivity index (χ3n) is 5.92. The summed E-state index contributed by atoms with van der Waals surface area (Å²) < 4.78 is 11.9. The third kappa shape index (κ3) is 4.75. The monoisotopic (exact) mass is 368 g/mol. The molecule has 1 amide bonds. The molecule has 3 rings (SSSR count). The predicted octanol–water partition coefficient (Wildman–Crippen LogP) is 2.00. The molecule has 26 heavy (non-hydrogen) atoms. The number of hydrazine groups is 1. The van der Waals surface area contributed by atoms with Crippen LogP contribution in [0.1, 0.15) is 64.7 Å². The third-order valence-corrected chi connectivity index (χ3v) is 5.92. The Morgan fingerprint density at radius 3 is 2.31 bits per heavy atom. The summed E-state index contributed by atoms with van der Waals surface area (Å²) in [5, 5.41) is 8.68. The summed E-state index contributed by atoms with van der Waals surface area (Å²) in [5.41, 5.74) is 5.92. The van der Waals surface area contributed by atoms with E-state index in [-0.39, 0.29) is 36.7 Å². The SMILES string of the molecule is CCCCC(=O)NNCC1C(CCCCCCC(=O)O)C2OC1C1OC21. The van der Waals surface area contributed by atoms with Gasteiger partial charge in [0.05, 0.1) is 12.2 Å². The van der Waals surface area contributed by atoms with Crippen molar-refractivity contribution >= 4 is 11.9 Å². The van der Waals surface area contributed by atoms with Crippen LogP contribution in [0.3, 0.4) is 0 Å². The highest BCUT2D eigenvalue weighted by Gasteiger charge is 2.68. The van der Waals surface area contributed by atoms with E-state index in [1.54, 1.807) is 0 Å². The minimum absolute atomic E-state index is 0.0476. The Bertz CT molecular complexity index is 500. The first-order valence-corrected chi connectivity index (χ1v) is 10.2. The molecular formula is C19H32N2O5. The summed E-state index contributed by atoms with van der Waals surface area (Å²) in [6, 6.07) is 0. The molecule has 2 bridgehead atoms. The Kier molecular flexibility index (Phi) is 6.89. The fourth-order valence-electron chi connectivity index (χ4n) is 4.50. The van der Waals surface area contributed by atoms with Crippen molar-refractivity contribution in [3.63, 3.8) is 0 Å². The smallest absolute Gasteiger partial charge is 0.303 e. The van der Waals surface area contributed by atoms with Crippen LogP contribution in [-0.2, 0) is 19.1 Å². The number of hydrogen-bond acceptors (Lipinski definition) is 5. The van der Waals surface area contributed by atoms with Gasteiger partial charge in [-0.3, -0.25) is 15.0 Å². The summed E-state index contributed by atoms with van der Waals surface area (Å²) in [6.07, 6.45) is 8.60. The number of unbranched alkanes of at least 4 members (excludes halogenated alkanes) is 4. The summed E-state index contributed by atoms with van der Waals surface area (Å²) in [5.74, 6) is 0.166. The molecule has 3 N–H and O–H groups in total. The second kappa shape index (κ2) is 9.15. The number of amides is 1. The number of nitrogens with one attached hydrogen (secondary N) is 2. The van der Waals surface area contributed by atoms with Crippen molar-refractivity contribution in [3.8, 4) is 0 Å². The van der Waals surface area contributed by atoms with E-state index in [0.29, 0.717) is 18.3 Å². The quantitative estimate of drug-likeness (QED) is 0.261. The Hall–Kier alpha value is -1.18. The van der Waals surface area contributed by atoms with Gasteiger partial charge in [-0.05, 0) is 25.2 Å². The molecule has 0 aromatic carbocycles. The van der Waals surface area contributed by atoms with Gasteiger partial charge in [-0.2, -0.15) is 0 Å². The van der Waals surface area contributed by atoms with E-state index in [2.05, 4.69) is 17.8 Å². The summed E-state index contributed by atoms with van der Waals surface area (Å²) >= 11 is 0. The van der Waals surface area contributed by atoms with Gasteiger partial charge >= 0.3 is 5.97 Å². The Balaban J connectivity index is 1.38. The average molecular weight is 368 g/mol. The maximum Gasteiger partial charge on any atom is 0.303 e. The van der Waals surface area contributed by atoms with E-state index in [9.17, 15) is 9.59 Å². The van der Waals surface area contributed by atoms with Crippen molar-refractivity contribution in [2.45, 2.75) is 89.1 Å². The predicted molar refractivity (Wildman–Crippen MR) is 95.3 cm³/mol. The topological polar surface area (TPSA) is 100 Å². The van der Waals surface area contributed by atoms with Crippen LogP contribution >= 0.6 is 0 Å². The maximum atomic E-state index is 11.7. The van der Waals surface area contributed by atoms with Gasteiger partial charge in [0.1, 0.15) is 12.2 Å². The van der Waals surface area contributed by atoms with E-state index in [4.69, 9.17) is 14.6 Å². The molecule has 3 aliphatic heterocycles. The van der Waals surface area contributed by atoms with Crippen LogP contribution in [-0.4, -0.2) is 47.9 Å². The second-order valence-electron chi connectivity index (χ2n) is 7.84. The standard InChI is InChI=1S/C19H32N2O5/c1-2-3-9-14(22)21-20-11-13-12(8-6-4-5-7-10-15(23)24)16-18-19(26-18)17(13)25-16/h12-13,16-20H,2-11H2,1H3,(H,21,22)(H,23,24). The molecule has 3 saturated heterocycles. The van der Waals surface area contributed by atoms with E-state index < -0.39 is 5.97 Å². The zero-order valence-corrected chi connectivity index (χ0v) is 15.6. The zero-order valence-electron chi connectivity index (χ0n) is 15.6. The van der Waals surface area contributed by atoms with Crippen molar-refractivity contribution in [1.29, 1.82) is 0 Å². The lowest BCUT2D eigenvalue weighted by Gasteiger charge is -2.26. The van der Waals surface area contributed by atoms with Gasteiger partial charge in [-0.15, -0.1) is 0 Å². The van der Waals surface area contributed by atoms with Crippen LogP contribution in [0, 0.1) is 11.8 Å². The van der Waals surface area contributed by atoms with Crippen LogP contribution < -0.4 is 10.9 Å². The van der Waals surface area contributed by atoms with E-state index in [1.807, 2.05) is 0 Å². The molecule has 0 aromatic rings. The highest BCUT2D eigenvalue weighted by molar-refractivity contribution is 5.75. The van der Waals surface area contributed by atoms with Crippen LogP contribution in [0.2, 0.25) is 0 Å². The first-order chi connectivity index (χ1) is 12.6. The van der Waals surface area contributed by atoms with Gasteiger partial charge in [-0.25, -0.2) is 5.43 Å². The lowest BCUT2D eigenvalue weighted by atomic mass is 9.76. The number of ether oxygens (including phenoxy) is 2. The summed E-state index contributed by atoms with van der Waals surface area (Å²) in [4.78, 5) is 22.3. The molecule has 3 fully saturated rings. The molecule has 7 nitrogen and oxygen atoms in total. The molecule has 6 atom stereocenters. The summed E-state index contributed by atoms with van der Waals surface area (Å²) in [6.45, 7) is 2.79. The zero-order chi connectivity index (χ0) is 18.5. The van der Waals surface area contributed by atoms with Gasteiger partial charge in [0.15, 0.2) is 0 Å². The molecule has 3 heterocycles. The molecule has 6 unspecified atom stereocenters. The Morgan fingerprint density at radius 1 is 0.885 bits per heavy atom. The molecule has 7 heteroatoms. The van der Waals surface area contributed by atoms with E-state index in [1.165, 1.54) is 0 Å². The van der Waals surface area contributed by atoms with Gasteiger partial charge in [-0.1, -0.05) is 32.6 Å². The van der Waals surface area contributed by atoms with Crippen LogP contribution in [0.15, 0.2) is 0 Å². The number of epoxide rings is 1. The number of aliphatic carboxylic acids is 1.